The van der Waals surface area contributed by atoms with Crippen LogP contribution in [0.15, 0.2) is 60.8 Å². The topological polar surface area (TPSA) is 12.9 Å². The molecule has 0 saturated heterocycles. The molecule has 0 saturated carbocycles. The number of aromatic nitrogens is 1. The summed E-state index contributed by atoms with van der Waals surface area (Å²) in [5.74, 6) is 0. The van der Waals surface area contributed by atoms with E-state index in [9.17, 15) is 0 Å². The highest BCUT2D eigenvalue weighted by molar-refractivity contribution is 6.05. The molecule has 1 heteroatoms. The third-order valence-electron chi connectivity index (χ3n) is 6.15. The molecule has 5 rings (SSSR count). The van der Waals surface area contributed by atoms with Gasteiger partial charge in [0.05, 0.1) is 5.69 Å². The molecule has 0 fully saturated rings. The number of benzene rings is 3. The Morgan fingerprint density at radius 1 is 0.893 bits per heavy atom. The summed E-state index contributed by atoms with van der Waals surface area (Å²) in [6.45, 7) is 11.6. The molecule has 0 aliphatic heterocycles. The largest absolute Gasteiger partial charge is 0.255 e. The van der Waals surface area contributed by atoms with Crippen LogP contribution in [0.5, 0.6) is 0 Å². The first kappa shape index (κ1) is 17.4. The van der Waals surface area contributed by atoms with Gasteiger partial charge in [-0.2, -0.15) is 0 Å². The van der Waals surface area contributed by atoms with Gasteiger partial charge in [0.2, 0.25) is 0 Å². The van der Waals surface area contributed by atoms with E-state index in [1.54, 1.807) is 0 Å². The predicted octanol–water partition coefficient (Wildman–Crippen LogP) is 7.28. The van der Waals surface area contributed by atoms with Crippen molar-refractivity contribution in [2.75, 3.05) is 0 Å². The fourth-order valence-corrected chi connectivity index (χ4v) is 5.01. The molecule has 0 spiro atoms. The molecule has 0 unspecified atom stereocenters. The Labute approximate surface area is 167 Å². The van der Waals surface area contributed by atoms with Crippen molar-refractivity contribution in [1.82, 2.24) is 4.98 Å². The maximum Gasteiger partial charge on any atom is 0.0755 e. The first-order valence-electron chi connectivity index (χ1n) is 10.2. The zero-order valence-electron chi connectivity index (χ0n) is 17.4. The average molecular weight is 366 g/mol. The molecule has 1 aliphatic rings. The summed E-state index contributed by atoms with van der Waals surface area (Å²) in [4.78, 5) is 4.97. The highest BCUT2D eigenvalue weighted by Gasteiger charge is 2.35. The summed E-state index contributed by atoms with van der Waals surface area (Å²) < 4.78 is 0. The van der Waals surface area contributed by atoms with Crippen molar-refractivity contribution < 1.29 is 0 Å². The second-order valence-corrected chi connectivity index (χ2v) is 9.98. The van der Waals surface area contributed by atoms with E-state index in [1.807, 2.05) is 0 Å². The second-order valence-electron chi connectivity index (χ2n) is 9.98. The first-order chi connectivity index (χ1) is 13.3. The molecule has 3 aromatic carbocycles. The lowest BCUT2D eigenvalue weighted by molar-refractivity contribution is 0.411. The summed E-state index contributed by atoms with van der Waals surface area (Å²) in [5, 5.41) is 5.25. The maximum atomic E-state index is 4.97. The number of hydrogen-bond donors (Lipinski definition) is 0. The molecular formula is C27H27N. The van der Waals surface area contributed by atoms with Crippen molar-refractivity contribution in [2.45, 2.75) is 46.5 Å². The van der Waals surface area contributed by atoms with Crippen LogP contribution in [-0.2, 0) is 11.8 Å². The van der Waals surface area contributed by atoms with Gasteiger partial charge in [-0.25, -0.2) is 0 Å². The molecule has 28 heavy (non-hydrogen) atoms. The molecule has 140 valence electrons. The van der Waals surface area contributed by atoms with Crippen molar-refractivity contribution >= 4 is 21.5 Å². The highest BCUT2D eigenvalue weighted by Crippen LogP contribution is 2.49. The van der Waals surface area contributed by atoms with Gasteiger partial charge in [-0.15, -0.1) is 0 Å². The zero-order chi connectivity index (χ0) is 19.7. The van der Waals surface area contributed by atoms with Crippen molar-refractivity contribution in [1.29, 1.82) is 0 Å². The normalized spacial score (nSPS) is 15.0. The van der Waals surface area contributed by atoms with E-state index >= 15 is 0 Å². The third-order valence-corrected chi connectivity index (χ3v) is 6.15. The number of hydrogen-bond acceptors (Lipinski definition) is 1. The molecule has 4 aromatic rings. The fourth-order valence-electron chi connectivity index (χ4n) is 5.01. The van der Waals surface area contributed by atoms with Gasteiger partial charge in [0, 0.05) is 22.6 Å². The number of rotatable bonds is 1. The summed E-state index contributed by atoms with van der Waals surface area (Å²) in [5.41, 5.74) is 6.78. The fraction of sp³-hybridized carbons (Fsp3) is 0.296. The Hall–Kier alpha value is -2.67. The smallest absolute Gasteiger partial charge is 0.0755 e. The van der Waals surface area contributed by atoms with Gasteiger partial charge in [0.1, 0.15) is 0 Å². The summed E-state index contributed by atoms with van der Waals surface area (Å²) in [7, 11) is 0. The molecule has 0 N–H and O–H groups in total. The average Bonchev–Trinajstić information content (AvgIpc) is 2.64. The molecule has 0 bridgehead atoms. The summed E-state index contributed by atoms with van der Waals surface area (Å²) >= 11 is 0. The highest BCUT2D eigenvalue weighted by atomic mass is 14.7. The van der Waals surface area contributed by atoms with Gasteiger partial charge in [0.25, 0.3) is 0 Å². The third kappa shape index (κ3) is 2.49. The van der Waals surface area contributed by atoms with Crippen LogP contribution in [0, 0.1) is 5.41 Å². The van der Waals surface area contributed by atoms with Crippen molar-refractivity contribution in [3.05, 3.63) is 77.5 Å². The van der Waals surface area contributed by atoms with E-state index in [1.165, 1.54) is 43.8 Å². The second kappa shape index (κ2) is 5.67. The summed E-state index contributed by atoms with van der Waals surface area (Å²) in [6, 6.07) is 20.2. The van der Waals surface area contributed by atoms with Gasteiger partial charge in [-0.1, -0.05) is 89.2 Å². The summed E-state index contributed by atoms with van der Waals surface area (Å²) in [6.07, 6.45) is 3.13. The Morgan fingerprint density at radius 2 is 1.64 bits per heavy atom. The van der Waals surface area contributed by atoms with Crippen molar-refractivity contribution in [3.8, 4) is 11.3 Å². The van der Waals surface area contributed by atoms with Crippen LogP contribution in [0.1, 0.15) is 51.3 Å². The van der Waals surface area contributed by atoms with E-state index in [2.05, 4.69) is 95.4 Å². The molecular weight excluding hydrogens is 338 g/mol. The Bertz CT molecular complexity index is 1230. The van der Waals surface area contributed by atoms with Gasteiger partial charge in [0.15, 0.2) is 0 Å². The van der Waals surface area contributed by atoms with Gasteiger partial charge < -0.3 is 0 Å². The van der Waals surface area contributed by atoms with Crippen LogP contribution in [-0.4, -0.2) is 4.98 Å². The standard InChI is InChI=1S/C27H27N/c1-26(2,3)15-17-12-13-19-16-28-25-20-10-6-8-18-9-7-11-22(23(18)20)27(4,5)24(25)21(19)14-17/h6-14,16H,15H2,1-5H3. The lowest BCUT2D eigenvalue weighted by Gasteiger charge is -2.35. The molecule has 1 aromatic heterocycles. The van der Waals surface area contributed by atoms with Crippen LogP contribution in [0.25, 0.3) is 32.8 Å². The van der Waals surface area contributed by atoms with Crippen molar-refractivity contribution in [3.63, 3.8) is 0 Å². The molecule has 1 aliphatic carbocycles. The van der Waals surface area contributed by atoms with E-state index in [0.29, 0.717) is 0 Å². The van der Waals surface area contributed by atoms with Gasteiger partial charge >= 0.3 is 0 Å². The van der Waals surface area contributed by atoms with Crippen LogP contribution in [0.4, 0.5) is 0 Å². The Morgan fingerprint density at radius 3 is 2.39 bits per heavy atom. The van der Waals surface area contributed by atoms with E-state index in [-0.39, 0.29) is 10.8 Å². The van der Waals surface area contributed by atoms with Gasteiger partial charge in [-0.05, 0) is 44.7 Å². The van der Waals surface area contributed by atoms with Crippen LogP contribution in [0.3, 0.4) is 0 Å². The zero-order valence-corrected chi connectivity index (χ0v) is 17.4. The lowest BCUT2D eigenvalue weighted by atomic mass is 9.68. The van der Waals surface area contributed by atoms with Crippen LogP contribution < -0.4 is 0 Å². The monoisotopic (exact) mass is 365 g/mol. The van der Waals surface area contributed by atoms with Crippen LogP contribution >= 0.6 is 0 Å². The number of fused-ring (bicyclic) bond motifs is 4. The molecule has 1 heterocycles. The maximum absolute atomic E-state index is 4.97. The minimum absolute atomic E-state index is 0.0872. The van der Waals surface area contributed by atoms with E-state index < -0.39 is 0 Å². The van der Waals surface area contributed by atoms with Crippen LogP contribution in [0.2, 0.25) is 0 Å². The van der Waals surface area contributed by atoms with Gasteiger partial charge in [-0.3, -0.25) is 4.98 Å². The number of pyridine rings is 1. The van der Waals surface area contributed by atoms with Crippen molar-refractivity contribution in [2.24, 2.45) is 5.41 Å². The predicted molar refractivity (Wildman–Crippen MR) is 120 cm³/mol. The molecule has 1 nitrogen and oxygen atoms in total. The molecule has 0 atom stereocenters. The quantitative estimate of drug-likeness (QED) is 0.345. The molecule has 0 amide bonds. The minimum Gasteiger partial charge on any atom is -0.255 e. The minimum atomic E-state index is -0.0872. The van der Waals surface area contributed by atoms with E-state index in [4.69, 9.17) is 4.98 Å². The number of nitrogens with zero attached hydrogens (tertiary/aromatic N) is 1. The Balaban J connectivity index is 1.88. The molecule has 0 radical (unpaired) electrons. The van der Waals surface area contributed by atoms with E-state index in [0.717, 1.165) is 12.1 Å². The first-order valence-corrected chi connectivity index (χ1v) is 10.2. The Kier molecular flexibility index (Phi) is 3.53. The lowest BCUT2D eigenvalue weighted by Crippen LogP contribution is -2.24. The SMILES string of the molecule is CC(C)(C)Cc1ccc2cnc3c(c2c1)C(C)(C)c1cccc2cccc-3c12.